The van der Waals surface area contributed by atoms with Gasteiger partial charge in [-0.3, -0.25) is 0 Å². The van der Waals surface area contributed by atoms with Gasteiger partial charge in [0.25, 0.3) is 0 Å². The summed E-state index contributed by atoms with van der Waals surface area (Å²) in [5.74, 6) is -1.05. The van der Waals surface area contributed by atoms with Crippen molar-refractivity contribution in [2.24, 2.45) is 0 Å². The zero-order valence-corrected chi connectivity index (χ0v) is 5.50. The Balaban J connectivity index is 2.79. The molecule has 11 heavy (non-hydrogen) atoms. The van der Waals surface area contributed by atoms with E-state index in [2.05, 4.69) is 9.97 Å². The summed E-state index contributed by atoms with van der Waals surface area (Å²) < 4.78 is 0. The maximum atomic E-state index is 10.4. The molecule has 0 unspecified atom stereocenters. The van der Waals surface area contributed by atoms with E-state index < -0.39 is 5.97 Å². The average molecular weight is 154 g/mol. The van der Waals surface area contributed by atoms with E-state index in [-0.39, 0.29) is 5.69 Å². The highest BCUT2D eigenvalue weighted by Crippen LogP contribution is 1.90. The van der Waals surface area contributed by atoms with Crippen LogP contribution in [0.15, 0.2) is 17.1 Å². The predicted octanol–water partition coefficient (Wildman–Crippen LogP) is -0.199. The highest BCUT2D eigenvalue weighted by atomic mass is 16.4. The van der Waals surface area contributed by atoms with E-state index in [1.165, 1.54) is 12.3 Å². The van der Waals surface area contributed by atoms with E-state index >= 15 is 0 Å². The topological polar surface area (TPSA) is 85.9 Å². The number of carboxylic acid groups (broad SMARTS) is 1. The van der Waals surface area contributed by atoms with Crippen LogP contribution in [0.3, 0.4) is 0 Å². The van der Waals surface area contributed by atoms with Gasteiger partial charge in [0.05, 0.1) is 5.69 Å². The molecule has 0 bridgehead atoms. The number of hydrogen-bond donors (Lipinski definition) is 3. The number of carboxylic acids is 1. The molecule has 1 heterocycles. The van der Waals surface area contributed by atoms with Crippen LogP contribution in [0, 0.1) is 0 Å². The third-order valence-electron chi connectivity index (χ3n) is 1.02. The Kier molecular flexibility index (Phi) is 1.91. The van der Waals surface area contributed by atoms with Crippen LogP contribution in [0.2, 0.25) is 0 Å². The first-order valence-electron chi connectivity index (χ1n) is 2.87. The molecule has 0 aliphatic carbocycles. The zero-order chi connectivity index (χ0) is 8.27. The smallest absolute Gasteiger partial charge is 0.328 e. The Bertz CT molecular complexity index is 334. The maximum Gasteiger partial charge on any atom is 0.328 e. The van der Waals surface area contributed by atoms with E-state index in [9.17, 15) is 9.59 Å². The lowest BCUT2D eigenvalue weighted by Crippen LogP contribution is -1.99. The number of H-pyrrole nitrogens is 2. The zero-order valence-electron chi connectivity index (χ0n) is 5.50. The van der Waals surface area contributed by atoms with Crippen molar-refractivity contribution in [1.29, 1.82) is 0 Å². The molecule has 1 rings (SSSR count). The fourth-order valence-electron chi connectivity index (χ4n) is 0.597. The minimum Gasteiger partial charge on any atom is -0.478 e. The molecule has 0 aliphatic heterocycles. The number of carbonyl (C=O) groups is 1. The molecule has 58 valence electrons. The van der Waals surface area contributed by atoms with Gasteiger partial charge in [-0.2, -0.15) is 0 Å². The number of aliphatic carboxylic acids is 1. The van der Waals surface area contributed by atoms with E-state index in [0.717, 1.165) is 6.08 Å². The van der Waals surface area contributed by atoms with Gasteiger partial charge in [-0.25, -0.2) is 9.59 Å². The molecule has 0 aromatic carbocycles. The summed E-state index contributed by atoms with van der Waals surface area (Å²) in [6.45, 7) is 0. The number of nitrogens with one attached hydrogen (secondary N) is 2. The summed E-state index contributed by atoms with van der Waals surface area (Å²) >= 11 is 0. The molecule has 0 radical (unpaired) electrons. The molecule has 0 saturated carbocycles. The van der Waals surface area contributed by atoms with Crippen molar-refractivity contribution in [3.63, 3.8) is 0 Å². The van der Waals surface area contributed by atoms with Gasteiger partial charge in [0.1, 0.15) is 0 Å². The fourth-order valence-corrected chi connectivity index (χ4v) is 0.597. The summed E-state index contributed by atoms with van der Waals surface area (Å²) in [7, 11) is 0. The van der Waals surface area contributed by atoms with E-state index in [1.807, 2.05) is 0 Å². The van der Waals surface area contributed by atoms with Crippen molar-refractivity contribution in [2.45, 2.75) is 0 Å². The van der Waals surface area contributed by atoms with Crippen molar-refractivity contribution < 1.29 is 9.90 Å². The lowest BCUT2D eigenvalue weighted by molar-refractivity contribution is -0.131. The summed E-state index contributed by atoms with van der Waals surface area (Å²) in [5, 5.41) is 8.19. The highest BCUT2D eigenvalue weighted by molar-refractivity contribution is 5.84. The maximum absolute atomic E-state index is 10.4. The Morgan fingerprint density at radius 1 is 1.64 bits per heavy atom. The Morgan fingerprint density at radius 2 is 2.36 bits per heavy atom. The molecular weight excluding hydrogens is 148 g/mol. The minimum absolute atomic E-state index is 0.352. The van der Waals surface area contributed by atoms with Gasteiger partial charge in [-0.05, 0) is 6.08 Å². The van der Waals surface area contributed by atoms with Gasteiger partial charge in [0.15, 0.2) is 0 Å². The van der Waals surface area contributed by atoms with E-state index in [0.29, 0.717) is 5.69 Å². The first-order chi connectivity index (χ1) is 5.18. The summed E-state index contributed by atoms with van der Waals surface area (Å²) in [6, 6.07) is 0. The monoisotopic (exact) mass is 154 g/mol. The van der Waals surface area contributed by atoms with Crippen molar-refractivity contribution in [2.75, 3.05) is 0 Å². The predicted molar refractivity (Wildman–Crippen MR) is 38.1 cm³/mol. The van der Waals surface area contributed by atoms with Crippen LogP contribution in [0.25, 0.3) is 6.08 Å². The van der Waals surface area contributed by atoms with Crippen molar-refractivity contribution in [3.05, 3.63) is 28.5 Å². The second-order valence-electron chi connectivity index (χ2n) is 1.87. The second kappa shape index (κ2) is 2.87. The highest BCUT2D eigenvalue weighted by Gasteiger charge is 1.90. The second-order valence-corrected chi connectivity index (χ2v) is 1.87. The summed E-state index contributed by atoms with van der Waals surface area (Å²) in [6.07, 6.45) is 3.63. The minimum atomic E-state index is -1.05. The molecule has 0 amide bonds. The number of imidazole rings is 1. The summed E-state index contributed by atoms with van der Waals surface area (Å²) in [5.41, 5.74) is 0.0902. The Hall–Kier alpha value is -1.78. The van der Waals surface area contributed by atoms with Crippen molar-refractivity contribution in [3.8, 4) is 0 Å². The van der Waals surface area contributed by atoms with Gasteiger partial charge in [-0.15, -0.1) is 0 Å². The van der Waals surface area contributed by atoms with Crippen LogP contribution in [-0.2, 0) is 4.79 Å². The average Bonchev–Trinajstić information content (AvgIpc) is 2.31. The molecule has 0 saturated heterocycles. The quantitative estimate of drug-likeness (QED) is 0.515. The van der Waals surface area contributed by atoms with Gasteiger partial charge in [0, 0.05) is 12.3 Å². The van der Waals surface area contributed by atoms with Crippen LogP contribution < -0.4 is 5.69 Å². The fraction of sp³-hybridized carbons (Fsp3) is 0. The van der Waals surface area contributed by atoms with Crippen molar-refractivity contribution >= 4 is 12.0 Å². The van der Waals surface area contributed by atoms with Crippen LogP contribution in [-0.4, -0.2) is 21.0 Å². The molecule has 5 nitrogen and oxygen atoms in total. The molecule has 0 fully saturated rings. The molecule has 0 spiro atoms. The first-order valence-corrected chi connectivity index (χ1v) is 2.87. The number of hydrogen-bond acceptors (Lipinski definition) is 2. The molecule has 1 aromatic heterocycles. The molecule has 0 aliphatic rings. The standard InChI is InChI=1S/C6H6N2O3/c9-5(10)2-1-4-3-7-6(11)8-4/h1-3H,(H,9,10)(H2,7,8,11). The first kappa shape index (κ1) is 7.33. The summed E-state index contributed by atoms with van der Waals surface area (Å²) in [4.78, 5) is 25.1. The van der Waals surface area contributed by atoms with E-state index in [1.54, 1.807) is 0 Å². The van der Waals surface area contributed by atoms with Crippen molar-refractivity contribution in [1.82, 2.24) is 9.97 Å². The third-order valence-corrected chi connectivity index (χ3v) is 1.02. The lowest BCUT2D eigenvalue weighted by atomic mass is 10.4. The van der Waals surface area contributed by atoms with Crippen LogP contribution in [0.4, 0.5) is 0 Å². The van der Waals surface area contributed by atoms with Crippen LogP contribution >= 0.6 is 0 Å². The molecule has 0 atom stereocenters. The number of rotatable bonds is 2. The van der Waals surface area contributed by atoms with Crippen LogP contribution in [0.5, 0.6) is 0 Å². The van der Waals surface area contributed by atoms with Gasteiger partial charge in [-0.1, -0.05) is 0 Å². The lowest BCUT2D eigenvalue weighted by Gasteiger charge is -1.79. The molecule has 5 heteroatoms. The largest absolute Gasteiger partial charge is 0.478 e. The molecular formula is C6H6N2O3. The number of aromatic nitrogens is 2. The molecule has 3 N–H and O–H groups in total. The van der Waals surface area contributed by atoms with Crippen LogP contribution in [0.1, 0.15) is 5.69 Å². The van der Waals surface area contributed by atoms with Gasteiger partial charge in [0.2, 0.25) is 0 Å². The Morgan fingerprint density at radius 3 is 2.82 bits per heavy atom. The third kappa shape index (κ3) is 2.13. The van der Waals surface area contributed by atoms with Gasteiger partial charge < -0.3 is 15.1 Å². The normalized spacial score (nSPS) is 10.5. The van der Waals surface area contributed by atoms with E-state index in [4.69, 9.17) is 5.11 Å². The Labute approximate surface area is 61.4 Å². The number of aromatic amines is 2. The molecule has 1 aromatic rings. The SMILES string of the molecule is O=C(O)C=Cc1c[nH]c(=O)[nH]1. The van der Waals surface area contributed by atoms with Gasteiger partial charge >= 0.3 is 11.7 Å².